The molecular formula is C20H12S. The first-order valence-electron chi connectivity index (χ1n) is 7.12. The summed E-state index contributed by atoms with van der Waals surface area (Å²) in [6, 6.07) is 24.5. The molecule has 0 aliphatic carbocycles. The van der Waals surface area contributed by atoms with Gasteiger partial charge in [-0.05, 0) is 62.0 Å². The molecule has 5 aromatic rings. The zero-order valence-electron chi connectivity index (χ0n) is 11.3. The minimum absolute atomic E-state index is 1.31. The maximum Gasteiger partial charge on any atom is 0.0349 e. The fourth-order valence-electron chi connectivity index (χ4n) is 3.28. The Morgan fingerprint density at radius 3 is 2.19 bits per heavy atom. The van der Waals surface area contributed by atoms with Crippen LogP contribution >= 0.6 is 11.3 Å². The largest absolute Gasteiger partial charge is 0.144 e. The SMILES string of the molecule is c1ccc2cc3c(ccc4c5ccsc5ccc34)cc2c1. The van der Waals surface area contributed by atoms with Crippen LogP contribution in [0.25, 0.3) is 42.4 Å². The number of hydrogen-bond acceptors (Lipinski definition) is 1. The van der Waals surface area contributed by atoms with Gasteiger partial charge in [-0.1, -0.05) is 42.5 Å². The monoisotopic (exact) mass is 284 g/mol. The van der Waals surface area contributed by atoms with Crippen molar-refractivity contribution in [1.82, 2.24) is 0 Å². The van der Waals surface area contributed by atoms with E-state index in [1.807, 2.05) is 11.3 Å². The summed E-state index contributed by atoms with van der Waals surface area (Å²) in [7, 11) is 0. The first kappa shape index (κ1) is 11.3. The highest BCUT2D eigenvalue weighted by molar-refractivity contribution is 7.17. The van der Waals surface area contributed by atoms with Crippen LogP contribution in [0.3, 0.4) is 0 Å². The fraction of sp³-hybridized carbons (Fsp3) is 0. The highest BCUT2D eigenvalue weighted by Gasteiger charge is 2.06. The molecule has 4 aromatic carbocycles. The number of rotatable bonds is 0. The van der Waals surface area contributed by atoms with Gasteiger partial charge in [0.1, 0.15) is 0 Å². The van der Waals surface area contributed by atoms with Crippen LogP contribution in [0, 0.1) is 0 Å². The molecule has 0 radical (unpaired) electrons. The van der Waals surface area contributed by atoms with Gasteiger partial charge >= 0.3 is 0 Å². The zero-order chi connectivity index (χ0) is 13.8. The summed E-state index contributed by atoms with van der Waals surface area (Å²) < 4.78 is 1.36. The third-order valence-corrected chi connectivity index (χ3v) is 5.20. The average molecular weight is 284 g/mol. The topological polar surface area (TPSA) is 0 Å². The maximum absolute atomic E-state index is 2.32. The van der Waals surface area contributed by atoms with Crippen LogP contribution in [0.5, 0.6) is 0 Å². The molecule has 0 amide bonds. The standard InChI is InChI=1S/C20H12S/c1-2-4-14-12-19-15(11-13(14)3-1)5-6-16-17(19)7-8-20-18(16)9-10-21-20/h1-12H. The molecule has 0 atom stereocenters. The first-order chi connectivity index (χ1) is 10.4. The van der Waals surface area contributed by atoms with Gasteiger partial charge in [0.05, 0.1) is 0 Å². The summed E-state index contributed by atoms with van der Waals surface area (Å²) >= 11 is 1.81. The fourth-order valence-corrected chi connectivity index (χ4v) is 4.09. The van der Waals surface area contributed by atoms with E-state index in [0.717, 1.165) is 0 Å². The molecule has 21 heavy (non-hydrogen) atoms. The van der Waals surface area contributed by atoms with E-state index in [0.29, 0.717) is 0 Å². The number of benzene rings is 4. The second-order valence-corrected chi connectivity index (χ2v) is 6.43. The lowest BCUT2D eigenvalue weighted by molar-refractivity contribution is 1.79. The molecular weight excluding hydrogens is 272 g/mol. The highest BCUT2D eigenvalue weighted by atomic mass is 32.1. The van der Waals surface area contributed by atoms with E-state index in [2.05, 4.69) is 72.1 Å². The van der Waals surface area contributed by atoms with Crippen molar-refractivity contribution in [2.45, 2.75) is 0 Å². The number of thiophene rings is 1. The van der Waals surface area contributed by atoms with E-state index >= 15 is 0 Å². The molecule has 0 aliphatic rings. The van der Waals surface area contributed by atoms with Gasteiger partial charge in [-0.2, -0.15) is 0 Å². The smallest absolute Gasteiger partial charge is 0.0349 e. The Morgan fingerprint density at radius 1 is 0.524 bits per heavy atom. The molecule has 0 aliphatic heterocycles. The van der Waals surface area contributed by atoms with Gasteiger partial charge in [-0.15, -0.1) is 11.3 Å². The molecule has 0 spiro atoms. The van der Waals surface area contributed by atoms with Gasteiger partial charge in [0.2, 0.25) is 0 Å². The molecule has 0 saturated carbocycles. The highest BCUT2D eigenvalue weighted by Crippen LogP contribution is 2.34. The van der Waals surface area contributed by atoms with Crippen LogP contribution in [0.15, 0.2) is 72.1 Å². The predicted octanol–water partition coefficient (Wildman–Crippen LogP) is 6.36. The molecule has 1 aromatic heterocycles. The summed E-state index contributed by atoms with van der Waals surface area (Å²) in [5.41, 5.74) is 0. The van der Waals surface area contributed by atoms with E-state index in [1.165, 1.54) is 42.4 Å². The lowest BCUT2D eigenvalue weighted by Crippen LogP contribution is -1.80. The molecule has 0 unspecified atom stereocenters. The van der Waals surface area contributed by atoms with Gasteiger partial charge < -0.3 is 0 Å². The van der Waals surface area contributed by atoms with Crippen LogP contribution in [-0.4, -0.2) is 0 Å². The summed E-state index contributed by atoms with van der Waals surface area (Å²) in [5.74, 6) is 0. The van der Waals surface area contributed by atoms with Crippen molar-refractivity contribution in [2.24, 2.45) is 0 Å². The molecule has 5 rings (SSSR count). The van der Waals surface area contributed by atoms with E-state index in [1.54, 1.807) is 0 Å². The quantitative estimate of drug-likeness (QED) is 0.229. The van der Waals surface area contributed by atoms with Gasteiger partial charge in [-0.25, -0.2) is 0 Å². The van der Waals surface area contributed by atoms with Crippen molar-refractivity contribution in [3.05, 3.63) is 72.1 Å². The van der Waals surface area contributed by atoms with E-state index in [9.17, 15) is 0 Å². The van der Waals surface area contributed by atoms with Crippen molar-refractivity contribution >= 4 is 53.7 Å². The molecule has 1 heteroatoms. The second-order valence-electron chi connectivity index (χ2n) is 5.48. The molecule has 0 fully saturated rings. The van der Waals surface area contributed by atoms with Crippen LogP contribution in [0.4, 0.5) is 0 Å². The molecule has 0 saturated heterocycles. The molecule has 0 bridgehead atoms. The number of hydrogen-bond donors (Lipinski definition) is 0. The lowest BCUT2D eigenvalue weighted by Gasteiger charge is -2.07. The van der Waals surface area contributed by atoms with Crippen LogP contribution in [0.2, 0.25) is 0 Å². The summed E-state index contributed by atoms with van der Waals surface area (Å²) in [4.78, 5) is 0. The molecule has 98 valence electrons. The maximum atomic E-state index is 2.32. The Morgan fingerprint density at radius 2 is 1.29 bits per heavy atom. The summed E-state index contributed by atoms with van der Waals surface area (Å²) in [6.45, 7) is 0. The molecule has 0 nitrogen and oxygen atoms in total. The van der Waals surface area contributed by atoms with Gasteiger partial charge in [-0.3, -0.25) is 0 Å². The third-order valence-electron chi connectivity index (χ3n) is 4.31. The summed E-state index contributed by atoms with van der Waals surface area (Å²) in [6.07, 6.45) is 0. The van der Waals surface area contributed by atoms with Gasteiger partial charge in [0.25, 0.3) is 0 Å². The average Bonchev–Trinajstić information content (AvgIpc) is 3.01. The predicted molar refractivity (Wildman–Crippen MR) is 94.3 cm³/mol. The Balaban J connectivity index is 2.04. The van der Waals surface area contributed by atoms with Crippen molar-refractivity contribution in [1.29, 1.82) is 0 Å². The lowest BCUT2D eigenvalue weighted by atomic mass is 9.97. The van der Waals surface area contributed by atoms with Crippen LogP contribution in [-0.2, 0) is 0 Å². The van der Waals surface area contributed by atoms with Crippen molar-refractivity contribution in [2.75, 3.05) is 0 Å². The van der Waals surface area contributed by atoms with Gasteiger partial charge in [0.15, 0.2) is 0 Å². The Kier molecular flexibility index (Phi) is 2.18. The van der Waals surface area contributed by atoms with E-state index in [-0.39, 0.29) is 0 Å². The number of fused-ring (bicyclic) bond motifs is 6. The van der Waals surface area contributed by atoms with Crippen LogP contribution in [0.1, 0.15) is 0 Å². The third kappa shape index (κ3) is 1.55. The Hall–Kier alpha value is -2.38. The minimum atomic E-state index is 1.31. The van der Waals surface area contributed by atoms with Crippen molar-refractivity contribution in [3.8, 4) is 0 Å². The van der Waals surface area contributed by atoms with Crippen molar-refractivity contribution < 1.29 is 0 Å². The van der Waals surface area contributed by atoms with Crippen LogP contribution < -0.4 is 0 Å². The summed E-state index contributed by atoms with van der Waals surface area (Å²) in [5, 5.41) is 11.5. The molecule has 0 N–H and O–H groups in total. The van der Waals surface area contributed by atoms with Gasteiger partial charge in [0, 0.05) is 10.1 Å². The normalized spacial score (nSPS) is 11.8. The Labute approximate surface area is 126 Å². The van der Waals surface area contributed by atoms with E-state index in [4.69, 9.17) is 0 Å². The zero-order valence-corrected chi connectivity index (χ0v) is 12.2. The second kappa shape index (κ2) is 4.06. The minimum Gasteiger partial charge on any atom is -0.144 e. The molecule has 1 heterocycles. The van der Waals surface area contributed by atoms with E-state index < -0.39 is 0 Å². The van der Waals surface area contributed by atoms with Crippen molar-refractivity contribution in [3.63, 3.8) is 0 Å². The Bertz CT molecular complexity index is 1130. The first-order valence-corrected chi connectivity index (χ1v) is 7.99.